The minimum absolute atomic E-state index is 0. The third kappa shape index (κ3) is 5.57. The minimum Gasteiger partial charge on any atom is -0.384 e. The molecule has 7 nitrogen and oxygen atoms in total. The molecule has 156 valence electrons. The Hall–Kier alpha value is -0.860. The van der Waals surface area contributed by atoms with Crippen LogP contribution in [-0.2, 0) is 20.8 Å². The summed E-state index contributed by atoms with van der Waals surface area (Å²) in [4.78, 5) is 15.3. The molecule has 1 unspecified atom stereocenters. The highest BCUT2D eigenvalue weighted by atomic mass is 35.5. The largest absolute Gasteiger partial charge is 0.384 e. The van der Waals surface area contributed by atoms with E-state index in [2.05, 4.69) is 16.5 Å². The van der Waals surface area contributed by atoms with E-state index >= 15 is 0 Å². The Morgan fingerprint density at radius 2 is 2.07 bits per heavy atom. The lowest BCUT2D eigenvalue weighted by atomic mass is 9.78. The smallest absolute Gasteiger partial charge is 0.231 e. The van der Waals surface area contributed by atoms with Gasteiger partial charge in [0, 0.05) is 25.9 Å². The van der Waals surface area contributed by atoms with Crippen LogP contribution in [0, 0.1) is 19.3 Å². The van der Waals surface area contributed by atoms with E-state index in [1.54, 1.807) is 7.11 Å². The second kappa shape index (κ2) is 10.6. The standard InChI is InChI=1S/C18H30N4O3.2ClH/c1-14-10-15(2)22(20-14)12-16-11-21(8-9-25-16)17(23)18(13-24-3)4-6-19-7-5-18;;/h10,16,19H,4-9,11-13H2,1-3H3;2*1H. The second-order valence-corrected chi connectivity index (χ2v) is 7.32. The average Bonchev–Trinajstić information content (AvgIpc) is 2.93. The molecule has 2 aliphatic heterocycles. The lowest BCUT2D eigenvalue weighted by molar-refractivity contribution is -0.155. The Balaban J connectivity index is 0.00000182. The Bertz CT molecular complexity index is 600. The predicted molar refractivity (Wildman–Crippen MR) is 109 cm³/mol. The van der Waals surface area contributed by atoms with Gasteiger partial charge in [-0.25, -0.2) is 0 Å². The zero-order chi connectivity index (χ0) is 17.9. The van der Waals surface area contributed by atoms with Crippen molar-refractivity contribution in [1.29, 1.82) is 0 Å². The summed E-state index contributed by atoms with van der Waals surface area (Å²) < 4.78 is 13.3. The van der Waals surface area contributed by atoms with Crippen molar-refractivity contribution in [2.45, 2.75) is 39.3 Å². The van der Waals surface area contributed by atoms with Crippen molar-refractivity contribution in [2.75, 3.05) is 46.5 Å². The number of methoxy groups -OCH3 is 1. The molecule has 9 heteroatoms. The zero-order valence-electron chi connectivity index (χ0n) is 16.4. The van der Waals surface area contributed by atoms with Crippen LogP contribution in [0.4, 0.5) is 0 Å². The van der Waals surface area contributed by atoms with Gasteiger partial charge in [0.15, 0.2) is 0 Å². The average molecular weight is 423 g/mol. The van der Waals surface area contributed by atoms with Crippen LogP contribution in [0.5, 0.6) is 0 Å². The number of carbonyl (C=O) groups excluding carboxylic acids is 1. The number of hydrogen-bond acceptors (Lipinski definition) is 5. The van der Waals surface area contributed by atoms with E-state index in [0.717, 1.165) is 37.3 Å². The highest BCUT2D eigenvalue weighted by Gasteiger charge is 2.43. The molecule has 0 bridgehead atoms. The Morgan fingerprint density at radius 3 is 2.67 bits per heavy atom. The third-order valence-electron chi connectivity index (χ3n) is 5.34. The normalized spacial score (nSPS) is 21.9. The van der Waals surface area contributed by atoms with Crippen LogP contribution < -0.4 is 5.32 Å². The van der Waals surface area contributed by atoms with Gasteiger partial charge in [-0.3, -0.25) is 9.48 Å². The zero-order valence-corrected chi connectivity index (χ0v) is 18.0. The Labute approximate surface area is 174 Å². The summed E-state index contributed by atoms with van der Waals surface area (Å²) in [7, 11) is 1.68. The number of amides is 1. The number of aryl methyl sites for hydroxylation is 2. The monoisotopic (exact) mass is 422 g/mol. The molecule has 27 heavy (non-hydrogen) atoms. The summed E-state index contributed by atoms with van der Waals surface area (Å²) in [6.07, 6.45) is 1.65. The molecule has 2 aliphatic rings. The quantitative estimate of drug-likeness (QED) is 0.779. The summed E-state index contributed by atoms with van der Waals surface area (Å²) in [6.45, 7) is 8.82. The molecule has 1 aromatic rings. The van der Waals surface area contributed by atoms with Crippen molar-refractivity contribution >= 4 is 30.7 Å². The number of rotatable bonds is 5. The summed E-state index contributed by atoms with van der Waals surface area (Å²) in [5.41, 5.74) is 1.74. The molecule has 3 rings (SSSR count). The van der Waals surface area contributed by atoms with E-state index in [4.69, 9.17) is 9.47 Å². The lowest BCUT2D eigenvalue weighted by Gasteiger charge is -2.42. The van der Waals surface area contributed by atoms with Gasteiger partial charge in [0.05, 0.1) is 37.0 Å². The fourth-order valence-electron chi connectivity index (χ4n) is 4.00. The van der Waals surface area contributed by atoms with Gasteiger partial charge in [-0.05, 0) is 45.8 Å². The van der Waals surface area contributed by atoms with Gasteiger partial charge < -0.3 is 19.7 Å². The van der Waals surface area contributed by atoms with Crippen molar-refractivity contribution in [3.05, 3.63) is 17.5 Å². The van der Waals surface area contributed by atoms with Crippen LogP contribution in [0.15, 0.2) is 6.07 Å². The summed E-state index contributed by atoms with van der Waals surface area (Å²) >= 11 is 0. The van der Waals surface area contributed by atoms with Crippen molar-refractivity contribution in [2.24, 2.45) is 5.41 Å². The van der Waals surface area contributed by atoms with Crippen LogP contribution in [0.25, 0.3) is 0 Å². The van der Waals surface area contributed by atoms with E-state index in [1.165, 1.54) is 0 Å². The molecule has 1 aromatic heterocycles. The number of hydrogen-bond donors (Lipinski definition) is 1. The fourth-order valence-corrected chi connectivity index (χ4v) is 4.00. The highest BCUT2D eigenvalue weighted by molar-refractivity contribution is 5.85. The fraction of sp³-hybridized carbons (Fsp3) is 0.778. The summed E-state index contributed by atoms with van der Waals surface area (Å²) in [5.74, 6) is 0.220. The first-order chi connectivity index (χ1) is 12.0. The van der Waals surface area contributed by atoms with Crippen molar-refractivity contribution in [3.8, 4) is 0 Å². The van der Waals surface area contributed by atoms with Crippen LogP contribution in [0.1, 0.15) is 24.2 Å². The Kier molecular flexibility index (Phi) is 9.51. The predicted octanol–water partition coefficient (Wildman–Crippen LogP) is 1.59. The van der Waals surface area contributed by atoms with E-state index < -0.39 is 0 Å². The van der Waals surface area contributed by atoms with Crippen LogP contribution in [0.3, 0.4) is 0 Å². The van der Waals surface area contributed by atoms with Crippen molar-refractivity contribution in [1.82, 2.24) is 20.0 Å². The molecule has 0 aliphatic carbocycles. The first-order valence-corrected chi connectivity index (χ1v) is 9.16. The second-order valence-electron chi connectivity index (χ2n) is 7.32. The molecule has 2 fully saturated rings. The van der Waals surface area contributed by atoms with Gasteiger partial charge in [-0.15, -0.1) is 24.8 Å². The number of piperidine rings is 1. The van der Waals surface area contributed by atoms with Crippen LogP contribution in [0.2, 0.25) is 0 Å². The summed E-state index contributed by atoms with van der Waals surface area (Å²) in [6, 6.07) is 2.06. The molecule has 0 radical (unpaired) electrons. The molecule has 0 spiro atoms. The number of carbonyl (C=O) groups is 1. The number of aromatic nitrogens is 2. The first-order valence-electron chi connectivity index (χ1n) is 9.16. The van der Waals surface area contributed by atoms with E-state index in [9.17, 15) is 4.79 Å². The SMILES string of the molecule is COCC1(C(=O)N2CCOC(Cn3nc(C)cc3C)C2)CCNCC1.Cl.Cl. The van der Waals surface area contributed by atoms with Crippen molar-refractivity contribution in [3.63, 3.8) is 0 Å². The molecule has 1 amide bonds. The summed E-state index contributed by atoms with van der Waals surface area (Å²) in [5, 5.41) is 7.86. The Morgan fingerprint density at radius 1 is 1.37 bits per heavy atom. The lowest BCUT2D eigenvalue weighted by Crippen LogP contribution is -2.56. The maximum Gasteiger partial charge on any atom is 0.231 e. The van der Waals surface area contributed by atoms with Gasteiger partial charge in [0.25, 0.3) is 0 Å². The van der Waals surface area contributed by atoms with E-state index in [0.29, 0.717) is 32.8 Å². The maximum absolute atomic E-state index is 13.3. The first kappa shape index (κ1) is 24.2. The molecule has 0 saturated carbocycles. The molecule has 2 saturated heterocycles. The van der Waals surface area contributed by atoms with Gasteiger partial charge >= 0.3 is 0 Å². The number of morpholine rings is 1. The van der Waals surface area contributed by atoms with Crippen LogP contribution >= 0.6 is 24.8 Å². The molecule has 1 N–H and O–H groups in total. The van der Waals surface area contributed by atoms with Crippen molar-refractivity contribution < 1.29 is 14.3 Å². The maximum atomic E-state index is 13.3. The van der Waals surface area contributed by atoms with Crippen LogP contribution in [-0.4, -0.2) is 73.2 Å². The molecular weight excluding hydrogens is 391 g/mol. The number of nitrogens with zero attached hydrogens (tertiary/aromatic N) is 3. The molecule has 0 aromatic carbocycles. The number of halogens is 2. The molecule has 3 heterocycles. The van der Waals surface area contributed by atoms with Gasteiger partial charge in [0.1, 0.15) is 0 Å². The highest BCUT2D eigenvalue weighted by Crippen LogP contribution is 2.32. The topological polar surface area (TPSA) is 68.6 Å². The van der Waals surface area contributed by atoms with E-state index in [1.807, 2.05) is 23.4 Å². The number of nitrogens with one attached hydrogen (secondary N) is 1. The molecular formula is C18H32Cl2N4O3. The van der Waals surface area contributed by atoms with E-state index in [-0.39, 0.29) is 42.2 Å². The van der Waals surface area contributed by atoms with Gasteiger partial charge in [0.2, 0.25) is 5.91 Å². The number of ether oxygens (including phenoxy) is 2. The molecule has 1 atom stereocenters. The minimum atomic E-state index is -0.389. The van der Waals surface area contributed by atoms with Gasteiger partial charge in [-0.2, -0.15) is 5.10 Å². The third-order valence-corrected chi connectivity index (χ3v) is 5.34. The van der Waals surface area contributed by atoms with Gasteiger partial charge in [-0.1, -0.05) is 0 Å².